The van der Waals surface area contributed by atoms with Gasteiger partial charge >= 0.3 is 0 Å². The summed E-state index contributed by atoms with van der Waals surface area (Å²) in [5.41, 5.74) is 0.550. The van der Waals surface area contributed by atoms with E-state index in [0.29, 0.717) is 11.2 Å². The minimum Gasteiger partial charge on any atom is -0.459 e. The molecule has 0 aliphatic heterocycles. The van der Waals surface area contributed by atoms with Crippen molar-refractivity contribution in [2.75, 3.05) is 0 Å². The van der Waals surface area contributed by atoms with Gasteiger partial charge in [-0.2, -0.15) is 0 Å². The Kier molecular flexibility index (Phi) is 2.38. The van der Waals surface area contributed by atoms with Gasteiger partial charge in [-0.05, 0) is 48.1 Å². The van der Waals surface area contributed by atoms with E-state index >= 15 is 0 Å². The van der Waals surface area contributed by atoms with Crippen LogP contribution < -0.4 is 5.32 Å². The molecule has 0 spiro atoms. The quantitative estimate of drug-likeness (QED) is 0.871. The van der Waals surface area contributed by atoms with Gasteiger partial charge in [0.2, 0.25) is 0 Å². The lowest BCUT2D eigenvalue weighted by Crippen LogP contribution is -2.46. The third-order valence-electron chi connectivity index (χ3n) is 5.84. The molecule has 0 saturated heterocycles. The highest BCUT2D eigenvalue weighted by molar-refractivity contribution is 5.91. The average Bonchev–Trinajstić information content (AvgIpc) is 2.95. The number of rotatable bonds is 2. The summed E-state index contributed by atoms with van der Waals surface area (Å²) in [4.78, 5) is 12.1. The predicted octanol–water partition coefficient (Wildman–Crippen LogP) is 3.22. The topological polar surface area (TPSA) is 42.2 Å². The summed E-state index contributed by atoms with van der Waals surface area (Å²) in [5, 5.41) is 3.18. The summed E-state index contributed by atoms with van der Waals surface area (Å²) in [5.74, 6) is 1.08. The van der Waals surface area contributed by atoms with Crippen molar-refractivity contribution < 1.29 is 9.21 Å². The Morgan fingerprint density at radius 2 is 2.22 bits per heavy atom. The average molecular weight is 247 g/mol. The zero-order chi connectivity index (χ0) is 13.0. The zero-order valence-electron chi connectivity index (χ0n) is 11.3. The van der Waals surface area contributed by atoms with E-state index in [9.17, 15) is 4.79 Å². The van der Waals surface area contributed by atoms with Crippen LogP contribution in [0.4, 0.5) is 0 Å². The van der Waals surface area contributed by atoms with Gasteiger partial charge in [0.25, 0.3) is 5.91 Å². The van der Waals surface area contributed by atoms with Crippen molar-refractivity contribution in [3.05, 3.63) is 24.2 Å². The van der Waals surface area contributed by atoms with Crippen molar-refractivity contribution in [1.29, 1.82) is 0 Å². The fourth-order valence-corrected chi connectivity index (χ4v) is 4.06. The Morgan fingerprint density at radius 3 is 2.72 bits per heavy atom. The number of furan rings is 1. The Morgan fingerprint density at radius 1 is 1.44 bits per heavy atom. The minimum atomic E-state index is -0.0745. The molecular formula is C15H21NO2. The van der Waals surface area contributed by atoms with Crippen molar-refractivity contribution >= 4 is 5.91 Å². The summed E-state index contributed by atoms with van der Waals surface area (Å²) >= 11 is 0. The second-order valence-corrected chi connectivity index (χ2v) is 6.61. The maximum atomic E-state index is 12.1. The van der Waals surface area contributed by atoms with Gasteiger partial charge in [0, 0.05) is 6.04 Å². The predicted molar refractivity (Wildman–Crippen MR) is 69.2 cm³/mol. The molecule has 1 amide bonds. The first-order valence-electron chi connectivity index (χ1n) is 6.79. The van der Waals surface area contributed by atoms with Crippen LogP contribution in [-0.4, -0.2) is 11.9 Å². The van der Waals surface area contributed by atoms with E-state index in [2.05, 4.69) is 26.1 Å². The van der Waals surface area contributed by atoms with Crippen LogP contribution >= 0.6 is 0 Å². The Bertz CT molecular complexity index is 463. The highest BCUT2D eigenvalue weighted by Crippen LogP contribution is 2.65. The standard InChI is InChI=1S/C15H21NO2/c1-14(2)10-6-7-15(14,3)12(9-10)16-13(17)11-5-4-8-18-11/h4-5,8,10,12H,6-7,9H2,1-3H3,(H,16,17)/t10-,12-,15-/m0/s1. The Balaban J connectivity index is 1.78. The first-order valence-corrected chi connectivity index (χ1v) is 6.79. The SMILES string of the molecule is CC1(C)[C@H]2CC[C@@]1(C)[C@@H](NC(=O)c1ccco1)C2. The van der Waals surface area contributed by atoms with Gasteiger partial charge in [0.1, 0.15) is 0 Å². The largest absolute Gasteiger partial charge is 0.459 e. The van der Waals surface area contributed by atoms with Crippen molar-refractivity contribution in [3.8, 4) is 0 Å². The number of nitrogens with one attached hydrogen (secondary N) is 1. The fourth-order valence-electron chi connectivity index (χ4n) is 4.06. The van der Waals surface area contributed by atoms with Gasteiger partial charge in [-0.15, -0.1) is 0 Å². The van der Waals surface area contributed by atoms with Crippen molar-refractivity contribution in [2.24, 2.45) is 16.7 Å². The van der Waals surface area contributed by atoms with Crippen LogP contribution in [0, 0.1) is 16.7 Å². The molecule has 2 bridgehead atoms. The molecule has 1 aromatic heterocycles. The number of carbonyl (C=O) groups is 1. The first kappa shape index (κ1) is 11.8. The lowest BCUT2D eigenvalue weighted by atomic mass is 9.69. The molecule has 1 N–H and O–H groups in total. The summed E-state index contributed by atoms with van der Waals surface area (Å²) < 4.78 is 5.16. The molecule has 2 saturated carbocycles. The normalized spacial score (nSPS) is 36.8. The molecule has 2 fully saturated rings. The second-order valence-electron chi connectivity index (χ2n) is 6.61. The fraction of sp³-hybridized carbons (Fsp3) is 0.667. The van der Waals surface area contributed by atoms with Crippen molar-refractivity contribution in [1.82, 2.24) is 5.32 Å². The molecule has 1 aromatic rings. The van der Waals surface area contributed by atoms with Crippen LogP contribution in [0.2, 0.25) is 0 Å². The van der Waals surface area contributed by atoms with E-state index in [0.717, 1.165) is 12.3 Å². The lowest BCUT2D eigenvalue weighted by Gasteiger charge is -2.39. The van der Waals surface area contributed by atoms with Crippen molar-refractivity contribution in [2.45, 2.75) is 46.1 Å². The minimum absolute atomic E-state index is 0.0745. The van der Waals surface area contributed by atoms with Crippen molar-refractivity contribution in [3.63, 3.8) is 0 Å². The molecule has 2 aliphatic carbocycles. The highest BCUT2D eigenvalue weighted by atomic mass is 16.3. The monoisotopic (exact) mass is 247 g/mol. The number of hydrogen-bond donors (Lipinski definition) is 1. The molecule has 0 unspecified atom stereocenters. The van der Waals surface area contributed by atoms with E-state index in [1.807, 2.05) is 0 Å². The number of fused-ring (bicyclic) bond motifs is 2. The molecule has 3 rings (SSSR count). The highest BCUT2D eigenvalue weighted by Gasteiger charge is 2.61. The van der Waals surface area contributed by atoms with Gasteiger partial charge in [0.05, 0.1) is 6.26 Å². The molecule has 0 radical (unpaired) electrons. The number of hydrogen-bond acceptors (Lipinski definition) is 2. The maximum absolute atomic E-state index is 12.1. The Hall–Kier alpha value is -1.25. The summed E-state index contributed by atoms with van der Waals surface area (Å²) in [6.45, 7) is 7.03. The van der Waals surface area contributed by atoms with Crippen LogP contribution in [-0.2, 0) is 0 Å². The molecule has 2 aliphatic rings. The molecule has 0 aromatic carbocycles. The first-order chi connectivity index (χ1) is 8.45. The molecular weight excluding hydrogens is 226 g/mol. The zero-order valence-corrected chi connectivity index (χ0v) is 11.3. The molecule has 18 heavy (non-hydrogen) atoms. The lowest BCUT2D eigenvalue weighted by molar-refractivity contribution is 0.0801. The van der Waals surface area contributed by atoms with Gasteiger partial charge in [0.15, 0.2) is 5.76 Å². The molecule has 3 atom stereocenters. The number of amides is 1. The maximum Gasteiger partial charge on any atom is 0.287 e. The summed E-state index contributed by atoms with van der Waals surface area (Å²) in [7, 11) is 0. The molecule has 98 valence electrons. The van der Waals surface area contributed by atoms with Gasteiger partial charge < -0.3 is 9.73 Å². The molecule has 3 heteroatoms. The third-order valence-corrected chi connectivity index (χ3v) is 5.84. The van der Waals surface area contributed by atoms with E-state index in [-0.39, 0.29) is 17.4 Å². The van der Waals surface area contributed by atoms with Crippen LogP contribution in [0.5, 0.6) is 0 Å². The van der Waals surface area contributed by atoms with E-state index in [1.165, 1.54) is 12.8 Å². The van der Waals surface area contributed by atoms with Gasteiger partial charge in [-0.25, -0.2) is 0 Å². The molecule has 1 heterocycles. The third kappa shape index (κ3) is 1.39. The van der Waals surface area contributed by atoms with Gasteiger partial charge in [-0.3, -0.25) is 4.79 Å². The van der Waals surface area contributed by atoms with Crippen LogP contribution in [0.15, 0.2) is 22.8 Å². The van der Waals surface area contributed by atoms with Crippen LogP contribution in [0.1, 0.15) is 50.6 Å². The van der Waals surface area contributed by atoms with Crippen LogP contribution in [0.3, 0.4) is 0 Å². The smallest absolute Gasteiger partial charge is 0.287 e. The van der Waals surface area contributed by atoms with E-state index < -0.39 is 0 Å². The summed E-state index contributed by atoms with van der Waals surface area (Å²) in [6, 6.07) is 3.75. The number of carbonyl (C=O) groups excluding carboxylic acids is 1. The van der Waals surface area contributed by atoms with Crippen LogP contribution in [0.25, 0.3) is 0 Å². The van der Waals surface area contributed by atoms with E-state index in [1.54, 1.807) is 18.4 Å². The second kappa shape index (κ2) is 3.62. The van der Waals surface area contributed by atoms with E-state index in [4.69, 9.17) is 4.42 Å². The van der Waals surface area contributed by atoms with Gasteiger partial charge in [-0.1, -0.05) is 20.8 Å². The molecule has 3 nitrogen and oxygen atoms in total. The Labute approximate surface area is 108 Å². The summed E-state index contributed by atoms with van der Waals surface area (Å²) in [6.07, 6.45) is 5.17.